The highest BCUT2D eigenvalue weighted by Crippen LogP contribution is 2.33. The molecule has 0 radical (unpaired) electrons. The summed E-state index contributed by atoms with van der Waals surface area (Å²) < 4.78 is 7.16. The number of ether oxygens (including phenoxy) is 1. The Kier molecular flexibility index (Phi) is 5.39. The van der Waals surface area contributed by atoms with Crippen molar-refractivity contribution in [3.8, 4) is 23.1 Å². The van der Waals surface area contributed by atoms with Crippen molar-refractivity contribution in [2.24, 2.45) is 0 Å². The van der Waals surface area contributed by atoms with Crippen LogP contribution in [0.5, 0.6) is 0 Å². The van der Waals surface area contributed by atoms with Crippen LogP contribution in [0.15, 0.2) is 67.3 Å². The molecule has 0 bridgehead atoms. The first-order chi connectivity index (χ1) is 15.7. The minimum absolute atomic E-state index is 0.402. The number of hydrogen-bond acceptors (Lipinski definition) is 7. The number of aromatic nitrogens is 4. The van der Waals surface area contributed by atoms with Crippen molar-refractivity contribution in [1.82, 2.24) is 19.5 Å². The molecule has 1 saturated heterocycles. The van der Waals surface area contributed by atoms with E-state index in [2.05, 4.69) is 26.8 Å². The molecule has 8 heteroatoms. The Hall–Kier alpha value is -3.61. The van der Waals surface area contributed by atoms with E-state index in [1.54, 1.807) is 4.57 Å². The van der Waals surface area contributed by atoms with Crippen LogP contribution in [0, 0.1) is 11.8 Å². The van der Waals surface area contributed by atoms with Crippen LogP contribution in [0.25, 0.3) is 22.4 Å². The number of nitrogens with zero attached hydrogens (tertiary/aromatic N) is 4. The Labute approximate surface area is 183 Å². The van der Waals surface area contributed by atoms with Gasteiger partial charge in [0.25, 0.3) is 0 Å². The van der Waals surface area contributed by atoms with Crippen molar-refractivity contribution in [1.29, 1.82) is 0 Å². The molecular weight excluding hydrogens is 408 g/mol. The van der Waals surface area contributed by atoms with Crippen LogP contribution in [0.1, 0.15) is 17.4 Å². The standard InChI is InChI=1S/C24H20N4O4/c29-12-18-21(30)22(31)24(32-18)28-14-27-20-19(25-13-26-23(20)28)17-10-8-16(9-11-17)7-6-15-4-2-1-3-5-15/h1-5,8-11,13-14,18,21-22,24,29-31H,12H2/t18-,21-,22-,24-/m1/s1. The van der Waals surface area contributed by atoms with E-state index in [0.29, 0.717) is 16.9 Å². The summed E-state index contributed by atoms with van der Waals surface area (Å²) in [4.78, 5) is 13.1. The topological polar surface area (TPSA) is 114 Å². The fraction of sp³-hybridized carbons (Fsp3) is 0.208. The number of benzene rings is 2. The number of hydrogen-bond donors (Lipinski definition) is 3. The van der Waals surface area contributed by atoms with Crippen LogP contribution in [0.2, 0.25) is 0 Å². The second-order valence-corrected chi connectivity index (χ2v) is 7.47. The van der Waals surface area contributed by atoms with E-state index < -0.39 is 31.1 Å². The van der Waals surface area contributed by atoms with Crippen LogP contribution in [-0.2, 0) is 4.74 Å². The van der Waals surface area contributed by atoms with Gasteiger partial charge in [-0.05, 0) is 24.3 Å². The van der Waals surface area contributed by atoms with Crippen LogP contribution < -0.4 is 0 Å². The van der Waals surface area contributed by atoms with Gasteiger partial charge in [-0.3, -0.25) is 4.57 Å². The van der Waals surface area contributed by atoms with Gasteiger partial charge in [-0.15, -0.1) is 0 Å². The molecule has 4 atom stereocenters. The van der Waals surface area contributed by atoms with E-state index in [9.17, 15) is 15.3 Å². The van der Waals surface area contributed by atoms with Crippen LogP contribution in [0.4, 0.5) is 0 Å². The van der Waals surface area contributed by atoms with Gasteiger partial charge in [0.2, 0.25) is 0 Å². The van der Waals surface area contributed by atoms with Gasteiger partial charge in [0, 0.05) is 16.7 Å². The molecule has 3 heterocycles. The molecule has 2 aromatic heterocycles. The fourth-order valence-electron chi connectivity index (χ4n) is 3.74. The molecular formula is C24H20N4O4. The van der Waals surface area contributed by atoms with Gasteiger partial charge in [-0.2, -0.15) is 0 Å². The second kappa shape index (κ2) is 8.49. The highest BCUT2D eigenvalue weighted by molar-refractivity contribution is 5.87. The largest absolute Gasteiger partial charge is 0.394 e. The fourth-order valence-corrected chi connectivity index (χ4v) is 3.74. The van der Waals surface area contributed by atoms with Crippen molar-refractivity contribution in [3.63, 3.8) is 0 Å². The monoisotopic (exact) mass is 428 g/mol. The van der Waals surface area contributed by atoms with Gasteiger partial charge < -0.3 is 20.1 Å². The summed E-state index contributed by atoms with van der Waals surface area (Å²) in [5, 5.41) is 29.8. The lowest BCUT2D eigenvalue weighted by Gasteiger charge is -2.16. The number of rotatable bonds is 3. The average molecular weight is 428 g/mol. The maximum Gasteiger partial charge on any atom is 0.166 e. The number of fused-ring (bicyclic) bond motifs is 1. The molecule has 32 heavy (non-hydrogen) atoms. The number of imidazole rings is 1. The smallest absolute Gasteiger partial charge is 0.166 e. The molecule has 1 aliphatic rings. The Morgan fingerprint density at radius 1 is 0.875 bits per heavy atom. The predicted molar refractivity (Wildman–Crippen MR) is 116 cm³/mol. The van der Waals surface area contributed by atoms with Gasteiger partial charge >= 0.3 is 0 Å². The van der Waals surface area contributed by atoms with E-state index in [1.807, 2.05) is 54.6 Å². The number of aliphatic hydroxyl groups is 3. The average Bonchev–Trinajstić information content (AvgIpc) is 3.39. The van der Waals surface area contributed by atoms with Crippen molar-refractivity contribution >= 4 is 11.2 Å². The van der Waals surface area contributed by atoms with Crippen LogP contribution in [0.3, 0.4) is 0 Å². The Morgan fingerprint density at radius 2 is 1.59 bits per heavy atom. The Bertz CT molecular complexity index is 1290. The molecule has 0 amide bonds. The first kappa shape index (κ1) is 20.3. The maximum absolute atomic E-state index is 10.3. The molecule has 1 fully saturated rings. The van der Waals surface area contributed by atoms with Gasteiger partial charge in [0.1, 0.15) is 35.8 Å². The SMILES string of the molecule is OC[C@H]1O[C@@H](n2cnc3c(-c4ccc(C#Cc5ccccc5)cc4)ncnc32)[C@H](O)[C@@H]1O. The lowest BCUT2D eigenvalue weighted by atomic mass is 10.1. The summed E-state index contributed by atoms with van der Waals surface area (Å²) in [5.74, 6) is 6.28. The van der Waals surface area contributed by atoms with E-state index in [-0.39, 0.29) is 0 Å². The molecule has 160 valence electrons. The second-order valence-electron chi connectivity index (χ2n) is 7.47. The van der Waals surface area contributed by atoms with Crippen molar-refractivity contribution < 1.29 is 20.1 Å². The summed E-state index contributed by atoms with van der Waals surface area (Å²) in [7, 11) is 0. The van der Waals surface area contributed by atoms with E-state index in [4.69, 9.17) is 4.74 Å². The zero-order valence-electron chi connectivity index (χ0n) is 16.9. The van der Waals surface area contributed by atoms with Gasteiger partial charge in [0.15, 0.2) is 11.9 Å². The first-order valence-electron chi connectivity index (χ1n) is 10.1. The lowest BCUT2D eigenvalue weighted by Crippen LogP contribution is -2.33. The number of aliphatic hydroxyl groups excluding tert-OH is 3. The van der Waals surface area contributed by atoms with E-state index >= 15 is 0 Å². The maximum atomic E-state index is 10.3. The first-order valence-corrected chi connectivity index (χ1v) is 10.1. The molecule has 1 aliphatic heterocycles. The molecule has 4 aromatic rings. The highest BCUT2D eigenvalue weighted by atomic mass is 16.6. The third kappa shape index (κ3) is 3.64. The summed E-state index contributed by atoms with van der Waals surface area (Å²) in [6.45, 7) is -0.402. The zero-order chi connectivity index (χ0) is 22.1. The molecule has 0 saturated carbocycles. The van der Waals surface area contributed by atoms with E-state index in [0.717, 1.165) is 16.7 Å². The van der Waals surface area contributed by atoms with Crippen molar-refractivity contribution in [3.05, 3.63) is 78.4 Å². The third-order valence-electron chi connectivity index (χ3n) is 5.43. The Morgan fingerprint density at radius 3 is 2.28 bits per heavy atom. The highest BCUT2D eigenvalue weighted by Gasteiger charge is 2.44. The summed E-state index contributed by atoms with van der Waals surface area (Å²) in [5.41, 5.74) is 4.28. The van der Waals surface area contributed by atoms with Gasteiger partial charge in [-0.1, -0.05) is 42.2 Å². The quantitative estimate of drug-likeness (QED) is 0.424. The van der Waals surface area contributed by atoms with Crippen LogP contribution >= 0.6 is 0 Å². The minimum atomic E-state index is -1.22. The Balaban J connectivity index is 1.45. The van der Waals surface area contributed by atoms with Gasteiger partial charge in [-0.25, -0.2) is 15.0 Å². The normalized spacial score (nSPS) is 22.6. The molecule has 3 N–H and O–H groups in total. The molecule has 5 rings (SSSR count). The van der Waals surface area contributed by atoms with Gasteiger partial charge in [0.05, 0.1) is 12.9 Å². The molecule has 8 nitrogen and oxygen atoms in total. The summed E-state index contributed by atoms with van der Waals surface area (Å²) in [6.07, 6.45) is -1.30. The molecule has 2 aromatic carbocycles. The molecule has 0 aliphatic carbocycles. The summed E-state index contributed by atoms with van der Waals surface area (Å²) in [6, 6.07) is 17.5. The lowest BCUT2D eigenvalue weighted by molar-refractivity contribution is -0.0511. The predicted octanol–water partition coefficient (Wildman–Crippen LogP) is 1.50. The summed E-state index contributed by atoms with van der Waals surface area (Å²) >= 11 is 0. The molecule has 0 spiro atoms. The van der Waals surface area contributed by atoms with Crippen molar-refractivity contribution in [2.45, 2.75) is 24.5 Å². The third-order valence-corrected chi connectivity index (χ3v) is 5.43. The zero-order valence-corrected chi connectivity index (χ0v) is 16.9. The minimum Gasteiger partial charge on any atom is -0.394 e. The van der Waals surface area contributed by atoms with Crippen LogP contribution in [-0.4, -0.2) is 59.8 Å². The van der Waals surface area contributed by atoms with E-state index in [1.165, 1.54) is 12.7 Å². The van der Waals surface area contributed by atoms with Crippen molar-refractivity contribution in [2.75, 3.05) is 6.61 Å². The molecule has 0 unspecified atom stereocenters.